The van der Waals surface area contributed by atoms with E-state index in [0.717, 1.165) is 92.1 Å². The van der Waals surface area contributed by atoms with Gasteiger partial charge in [-0.25, -0.2) is 16.8 Å². The first kappa shape index (κ1) is 42.0. The van der Waals surface area contributed by atoms with E-state index in [0.29, 0.717) is 0 Å². The fourth-order valence-corrected chi connectivity index (χ4v) is 8.31. The van der Waals surface area contributed by atoms with E-state index in [1.807, 2.05) is 0 Å². The second-order valence-corrected chi connectivity index (χ2v) is 18.0. The highest BCUT2D eigenvalue weighted by atomic mass is 32.2. The Labute approximate surface area is 313 Å². The lowest BCUT2D eigenvalue weighted by atomic mass is 10.1. The maximum Gasteiger partial charge on any atom is 0.321 e. The molecule has 0 spiro atoms. The van der Waals surface area contributed by atoms with Crippen molar-refractivity contribution in [3.8, 4) is 0 Å². The van der Waals surface area contributed by atoms with Gasteiger partial charge in [-0.2, -0.15) is 16.8 Å². The molecule has 0 atom stereocenters. The van der Waals surface area contributed by atoms with E-state index in [1.54, 1.807) is 0 Å². The molecule has 55 heavy (non-hydrogen) atoms. The van der Waals surface area contributed by atoms with Crippen LogP contribution in [0.15, 0.2) is 105 Å². The smallest absolute Gasteiger partial charge is 0.321 e. The lowest BCUT2D eigenvalue weighted by Gasteiger charge is -2.11. The zero-order chi connectivity index (χ0) is 40.9. The van der Waals surface area contributed by atoms with Crippen molar-refractivity contribution in [1.29, 1.82) is 0 Å². The zero-order valence-electron chi connectivity index (χ0n) is 27.9. The molecule has 0 saturated carbocycles. The number of ether oxygens (including phenoxy) is 1. The van der Waals surface area contributed by atoms with Gasteiger partial charge in [0.1, 0.15) is 9.79 Å². The number of amides is 2. The third-order valence-corrected chi connectivity index (χ3v) is 12.4. The van der Waals surface area contributed by atoms with Gasteiger partial charge in [0.15, 0.2) is 31.2 Å². The van der Waals surface area contributed by atoms with Crippen LogP contribution in [0, 0.1) is 0 Å². The van der Waals surface area contributed by atoms with Crippen molar-refractivity contribution in [3.63, 3.8) is 0 Å². The van der Waals surface area contributed by atoms with Crippen LogP contribution in [0.4, 0.5) is 11.4 Å². The van der Waals surface area contributed by atoms with Crippen molar-refractivity contribution in [1.82, 2.24) is 0 Å². The number of hydrogen-bond donors (Lipinski definition) is 5. The summed E-state index contributed by atoms with van der Waals surface area (Å²) in [6, 6.07) is 15.2. The maximum atomic E-state index is 12.8. The van der Waals surface area contributed by atoms with Crippen LogP contribution in [0.1, 0.15) is 31.8 Å². The Morgan fingerprint density at radius 1 is 0.582 bits per heavy atom. The van der Waals surface area contributed by atoms with Gasteiger partial charge in [0, 0.05) is 22.5 Å². The van der Waals surface area contributed by atoms with Gasteiger partial charge in [-0.15, -0.1) is 0 Å². The molecular formula is C33H28N2O16S4. The Morgan fingerprint density at radius 3 is 1.27 bits per heavy atom. The number of sulfone groups is 2. The van der Waals surface area contributed by atoms with E-state index in [-0.39, 0.29) is 43.4 Å². The van der Waals surface area contributed by atoms with E-state index >= 15 is 0 Å². The standard InChI is InChI=1S/C33H28N2O16S4/c1-51-31(38)19-53(43,44)27-14-8-23(9-15-27)33(40)35-25-11-5-21(29(17-25)55(48,49)50)3-2-20-4-10-24(16-28(20)54(45,46)47)34-32(39)22-6-12-26(13-7-22)52(41,42)18-30(36)37/h2-17H,18-19H2,1H3,(H,34,39)(H,35,40)(H,36,37)(H,45,46,47)(H,48,49,50). The molecule has 0 heterocycles. The Bertz CT molecular complexity index is 2670. The number of hydrogen-bond acceptors (Lipinski definition) is 13. The molecular weight excluding hydrogens is 809 g/mol. The van der Waals surface area contributed by atoms with Crippen molar-refractivity contribution < 1.29 is 71.8 Å². The van der Waals surface area contributed by atoms with E-state index in [1.165, 1.54) is 12.1 Å². The summed E-state index contributed by atoms with van der Waals surface area (Å²) in [4.78, 5) is 45.7. The molecule has 0 saturated heterocycles. The number of anilines is 2. The molecule has 0 aromatic heterocycles. The van der Waals surface area contributed by atoms with Crippen molar-refractivity contribution >= 4 is 87.2 Å². The second kappa shape index (κ2) is 16.3. The Kier molecular flexibility index (Phi) is 12.4. The van der Waals surface area contributed by atoms with Crippen molar-refractivity contribution in [2.24, 2.45) is 0 Å². The maximum absolute atomic E-state index is 12.8. The topological polar surface area (TPSA) is 299 Å². The zero-order valence-corrected chi connectivity index (χ0v) is 31.2. The van der Waals surface area contributed by atoms with Crippen LogP contribution in [0.5, 0.6) is 0 Å². The molecule has 2 amide bonds. The molecule has 0 aliphatic carbocycles. The summed E-state index contributed by atoms with van der Waals surface area (Å²) in [5, 5.41) is 13.6. The van der Waals surface area contributed by atoms with Gasteiger partial charge in [0.25, 0.3) is 32.1 Å². The van der Waals surface area contributed by atoms with Crippen LogP contribution in [0.2, 0.25) is 0 Å². The SMILES string of the molecule is COC(=O)CS(=O)(=O)c1ccc(C(=O)Nc2ccc(C=Cc3ccc(NC(=O)c4ccc(S(=O)(=O)CC(=O)O)cc4)cc3S(=O)(=O)O)c(S(=O)(=O)O)c2)cc1. The van der Waals surface area contributed by atoms with Crippen molar-refractivity contribution in [2.75, 3.05) is 29.2 Å². The number of aliphatic carboxylic acids is 1. The molecule has 22 heteroatoms. The molecule has 290 valence electrons. The quantitative estimate of drug-likeness (QED) is 0.0693. The number of benzene rings is 4. The first-order valence-electron chi connectivity index (χ1n) is 15.0. The van der Waals surface area contributed by atoms with E-state index < -0.39 is 85.0 Å². The summed E-state index contributed by atoms with van der Waals surface area (Å²) in [7, 11) is -17.2. The molecule has 18 nitrogen and oxygen atoms in total. The van der Waals surface area contributed by atoms with Gasteiger partial charge >= 0.3 is 11.9 Å². The molecule has 0 radical (unpaired) electrons. The summed E-state index contributed by atoms with van der Waals surface area (Å²) >= 11 is 0. The number of carbonyl (C=O) groups is 4. The average Bonchev–Trinajstić information content (AvgIpc) is 3.09. The Morgan fingerprint density at radius 2 is 0.945 bits per heavy atom. The summed E-state index contributed by atoms with van der Waals surface area (Å²) in [5.41, 5.74) is -0.837. The van der Waals surface area contributed by atoms with Crippen LogP contribution in [0.25, 0.3) is 12.2 Å². The average molecular weight is 837 g/mol. The Balaban J connectivity index is 1.56. The van der Waals surface area contributed by atoms with Crippen LogP contribution in [0.3, 0.4) is 0 Å². The van der Waals surface area contributed by atoms with Gasteiger partial charge in [0.2, 0.25) is 0 Å². The fraction of sp³-hybridized carbons (Fsp3) is 0.0909. The molecule has 0 fully saturated rings. The monoisotopic (exact) mass is 836 g/mol. The van der Waals surface area contributed by atoms with Gasteiger partial charge in [0.05, 0.1) is 16.9 Å². The molecule has 0 bridgehead atoms. The van der Waals surface area contributed by atoms with Crippen LogP contribution in [-0.2, 0) is 54.2 Å². The second-order valence-electron chi connectivity index (χ2n) is 11.2. The van der Waals surface area contributed by atoms with Crippen molar-refractivity contribution in [3.05, 3.63) is 107 Å². The van der Waals surface area contributed by atoms with Crippen LogP contribution >= 0.6 is 0 Å². The largest absolute Gasteiger partial charge is 0.480 e. The minimum atomic E-state index is -4.98. The van der Waals surface area contributed by atoms with E-state index in [9.17, 15) is 62.0 Å². The molecule has 4 aromatic carbocycles. The number of carboxylic acid groups (broad SMARTS) is 1. The van der Waals surface area contributed by atoms with Gasteiger partial charge in [-0.1, -0.05) is 24.3 Å². The minimum absolute atomic E-state index is 0.0619. The number of carbonyl (C=O) groups excluding carboxylic acids is 3. The molecule has 0 aliphatic rings. The number of carboxylic acids is 1. The molecule has 4 rings (SSSR count). The van der Waals surface area contributed by atoms with Crippen LogP contribution in [-0.4, -0.2) is 90.3 Å². The highest BCUT2D eigenvalue weighted by Crippen LogP contribution is 2.27. The van der Waals surface area contributed by atoms with Gasteiger partial charge in [-0.05, 0) is 83.9 Å². The highest BCUT2D eigenvalue weighted by molar-refractivity contribution is 7.92. The predicted molar refractivity (Wildman–Crippen MR) is 194 cm³/mol. The lowest BCUT2D eigenvalue weighted by Crippen LogP contribution is -2.18. The fourth-order valence-electron chi connectivity index (χ4n) is 4.70. The summed E-state index contributed by atoms with van der Waals surface area (Å²) in [6.07, 6.45) is 2.15. The third kappa shape index (κ3) is 10.9. The highest BCUT2D eigenvalue weighted by Gasteiger charge is 2.23. The number of esters is 1. The van der Waals surface area contributed by atoms with Crippen molar-refractivity contribution in [2.45, 2.75) is 19.6 Å². The van der Waals surface area contributed by atoms with Gasteiger partial charge in [-0.3, -0.25) is 28.3 Å². The van der Waals surface area contributed by atoms with Crippen LogP contribution < -0.4 is 10.6 Å². The molecule has 4 aromatic rings. The summed E-state index contributed by atoms with van der Waals surface area (Å²) in [6.45, 7) is 0. The first-order valence-corrected chi connectivity index (χ1v) is 21.2. The number of methoxy groups -OCH3 is 1. The predicted octanol–water partition coefficient (Wildman–Crippen LogP) is 2.66. The number of nitrogens with one attached hydrogen (secondary N) is 2. The molecule has 5 N–H and O–H groups in total. The molecule has 0 unspecified atom stereocenters. The van der Waals surface area contributed by atoms with Gasteiger partial charge < -0.3 is 20.5 Å². The summed E-state index contributed by atoms with van der Waals surface area (Å²) < 4.78 is 122. The minimum Gasteiger partial charge on any atom is -0.480 e. The summed E-state index contributed by atoms with van der Waals surface area (Å²) in [5.74, 6) is -6.31. The third-order valence-electron chi connectivity index (χ3n) is 7.34. The number of rotatable bonds is 14. The lowest BCUT2D eigenvalue weighted by molar-refractivity contribution is -0.137. The van der Waals surface area contributed by atoms with E-state index in [2.05, 4.69) is 15.4 Å². The van der Waals surface area contributed by atoms with E-state index in [4.69, 9.17) is 5.11 Å². The first-order chi connectivity index (χ1) is 25.5. The Hall–Kier alpha value is -5.78. The molecule has 0 aliphatic heterocycles. The normalized spacial score (nSPS) is 12.2.